The van der Waals surface area contributed by atoms with Gasteiger partial charge in [0.15, 0.2) is 7.14 Å². The highest BCUT2D eigenvalue weighted by Gasteiger charge is 2.43. The lowest BCUT2D eigenvalue weighted by atomic mass is 9.69. The van der Waals surface area contributed by atoms with Gasteiger partial charge in [0.2, 0.25) is 0 Å². The van der Waals surface area contributed by atoms with Crippen LogP contribution in [-0.4, -0.2) is 6.61 Å². The topological polar surface area (TPSA) is 63.2 Å². The number of rotatable bonds is 14. The molecule has 0 spiro atoms. The van der Waals surface area contributed by atoms with Crippen molar-refractivity contribution in [2.24, 2.45) is 5.92 Å². The lowest BCUT2D eigenvalue weighted by Crippen LogP contribution is -2.32. The Labute approximate surface area is 592 Å². The van der Waals surface area contributed by atoms with Crippen molar-refractivity contribution in [3.63, 3.8) is 0 Å². The molecule has 6 nitrogen and oxygen atoms in total. The molecule has 0 amide bonds. The van der Waals surface area contributed by atoms with Gasteiger partial charge in [0, 0.05) is 11.2 Å². The summed E-state index contributed by atoms with van der Waals surface area (Å²) in [5.41, 5.74) is 8.55. The van der Waals surface area contributed by atoms with Crippen LogP contribution < -0.4 is 51.3 Å². The molecule has 0 aromatic heterocycles. The van der Waals surface area contributed by atoms with Crippen molar-refractivity contribution in [3.05, 3.63) is 348 Å². The van der Waals surface area contributed by atoms with Gasteiger partial charge in [-0.25, -0.2) is 26.3 Å². The van der Waals surface area contributed by atoms with Crippen molar-refractivity contribution in [3.8, 4) is 34.5 Å². The Bertz CT molecular complexity index is 5730. The second-order valence-electron chi connectivity index (χ2n) is 25.9. The van der Waals surface area contributed by atoms with E-state index in [0.29, 0.717) is 60.3 Å². The molecule has 0 radical (unpaired) electrons. The van der Waals surface area contributed by atoms with Gasteiger partial charge in [-0.05, 0) is 221 Å². The summed E-state index contributed by atoms with van der Waals surface area (Å²) in [7, 11) is -7.83. The van der Waals surface area contributed by atoms with Gasteiger partial charge in [0.25, 0.3) is 0 Å². The Morgan fingerprint density at radius 1 is 0.476 bits per heavy atom. The van der Waals surface area contributed by atoms with E-state index in [1.54, 1.807) is 30.3 Å². The maximum absolute atomic E-state index is 17.0. The molecule has 3 aliphatic heterocycles. The van der Waals surface area contributed by atoms with Crippen LogP contribution in [0, 0.1) is 40.8 Å². The predicted molar refractivity (Wildman–Crippen MR) is 407 cm³/mol. The first-order valence-electron chi connectivity index (χ1n) is 33.5. The van der Waals surface area contributed by atoms with E-state index >= 15 is 30.9 Å². The summed E-state index contributed by atoms with van der Waals surface area (Å²) in [4.78, 5) is 0. The molecule has 15 heteroatoms. The van der Waals surface area contributed by atoms with E-state index < -0.39 is 58.3 Å². The maximum atomic E-state index is 17.0. The fourth-order valence-corrected chi connectivity index (χ4v) is 22.6. The van der Waals surface area contributed by atoms with Crippen molar-refractivity contribution >= 4 is 120 Å². The normalized spacial score (nSPS) is 16.1. The second-order valence-corrected chi connectivity index (χ2v) is 32.1. The van der Waals surface area contributed by atoms with Crippen LogP contribution in [0.15, 0.2) is 285 Å². The van der Waals surface area contributed by atoms with Gasteiger partial charge in [-0.3, -0.25) is 0 Å². The molecule has 2 atom stereocenters. The van der Waals surface area contributed by atoms with Gasteiger partial charge in [0.1, 0.15) is 85.7 Å². The summed E-state index contributed by atoms with van der Waals surface area (Å²) in [6.45, 7) is 13.5. The van der Waals surface area contributed by atoms with E-state index in [-0.39, 0.29) is 47.2 Å². The van der Waals surface area contributed by atoms with Gasteiger partial charge in [0.05, 0.1) is 45.0 Å². The van der Waals surface area contributed by atoms with Crippen molar-refractivity contribution in [2.75, 3.05) is 6.61 Å². The Hall–Kier alpha value is -10.7. The fourth-order valence-electron chi connectivity index (χ4n) is 15.5. The summed E-state index contributed by atoms with van der Waals surface area (Å²) >= 11 is 0. The molecule has 504 valence electrons. The molecular weight excluding hydrogens is 1360 g/mol. The first-order valence-corrected chi connectivity index (χ1v) is 37.7. The average molecular weight is 1420 g/mol. The van der Waals surface area contributed by atoms with E-state index in [1.807, 2.05) is 97.1 Å². The molecule has 0 saturated heterocycles. The van der Waals surface area contributed by atoms with Crippen molar-refractivity contribution < 1.29 is 54.2 Å². The summed E-state index contributed by atoms with van der Waals surface area (Å²) in [5, 5.41) is 8.73. The van der Waals surface area contributed by atoms with Gasteiger partial charge in [-0.15, -0.1) is 0 Å². The van der Waals surface area contributed by atoms with Crippen LogP contribution in [0.3, 0.4) is 0 Å². The minimum Gasteiger partial charge on any atom is -0.456 e. The number of benzene rings is 13. The van der Waals surface area contributed by atoms with E-state index in [9.17, 15) is 0 Å². The molecule has 0 saturated carbocycles. The first kappa shape index (κ1) is 65.6. The number of hydrogen-bond acceptors (Lipinski definition) is 6. The smallest absolute Gasteiger partial charge is 0.179 e. The highest BCUT2D eigenvalue weighted by atomic mass is 31.2. The summed E-state index contributed by atoms with van der Waals surface area (Å²) in [6.07, 6.45) is 10.0. The molecule has 17 rings (SSSR count). The monoisotopic (exact) mass is 1420 g/mol. The molecule has 1 aliphatic carbocycles. The number of fused-ring (bicyclic) bond motifs is 11. The molecule has 0 N–H and O–H groups in total. The zero-order chi connectivity index (χ0) is 70.5. The molecule has 13 aromatic rings. The summed E-state index contributed by atoms with van der Waals surface area (Å²) < 4.78 is 143. The molecule has 103 heavy (non-hydrogen) atoms. The van der Waals surface area contributed by atoms with Crippen molar-refractivity contribution in [1.29, 1.82) is 0 Å². The highest BCUT2D eigenvalue weighted by Crippen LogP contribution is 2.57. The largest absolute Gasteiger partial charge is 0.456 e. The molecule has 3 heterocycles. The minimum absolute atomic E-state index is 0.0340. The maximum Gasteiger partial charge on any atom is 0.179 e. The Balaban J connectivity index is 0.864. The van der Waals surface area contributed by atoms with E-state index in [4.69, 9.17) is 29.8 Å². The lowest BCUT2D eigenvalue weighted by molar-refractivity contribution is 0.351. The summed E-state index contributed by atoms with van der Waals surface area (Å²) in [5.74, 6) is -1.71. The van der Waals surface area contributed by atoms with Crippen molar-refractivity contribution in [1.82, 2.24) is 0 Å². The van der Waals surface area contributed by atoms with E-state index in [1.165, 1.54) is 84.9 Å². The quantitative estimate of drug-likeness (QED) is 0.0468. The molecule has 4 aliphatic rings. The van der Waals surface area contributed by atoms with Crippen LogP contribution in [0.2, 0.25) is 0 Å². The molecule has 0 fully saturated rings. The minimum atomic E-state index is -4.20. The average Bonchev–Trinajstić information content (AvgIpc) is 0.699. The third-order valence-corrected chi connectivity index (χ3v) is 26.9. The molecular formula is C88H59F6O6P3. The van der Waals surface area contributed by atoms with Crippen molar-refractivity contribution in [2.45, 2.75) is 26.4 Å². The Morgan fingerprint density at radius 3 is 1.33 bits per heavy atom. The molecule has 2 unspecified atom stereocenters. The second kappa shape index (κ2) is 26.3. The van der Waals surface area contributed by atoms with Crippen LogP contribution in [0.5, 0.6) is 34.5 Å². The Morgan fingerprint density at radius 2 is 0.864 bits per heavy atom. The number of hydrogen-bond donors (Lipinski definition) is 0. The van der Waals surface area contributed by atoms with E-state index in [0.717, 1.165) is 88.0 Å². The lowest BCUT2D eigenvalue weighted by Gasteiger charge is -2.36. The zero-order valence-electron chi connectivity index (χ0n) is 55.4. The number of allylic oxidation sites excluding steroid dienone is 9. The first-order chi connectivity index (χ1) is 50.1. The fraction of sp³-hybridized carbons (Fsp3) is 0.0682. The van der Waals surface area contributed by atoms with Crippen LogP contribution in [0.25, 0.3) is 59.8 Å². The predicted octanol–water partition coefficient (Wildman–Crippen LogP) is 21.7. The highest BCUT2D eigenvalue weighted by molar-refractivity contribution is 7.86. The number of ether oxygens (including phenoxy) is 3. The third-order valence-electron chi connectivity index (χ3n) is 19.8. The van der Waals surface area contributed by atoms with Crippen LogP contribution in [0.1, 0.15) is 47.6 Å². The van der Waals surface area contributed by atoms with Gasteiger partial charge >= 0.3 is 0 Å². The van der Waals surface area contributed by atoms with Gasteiger partial charge < -0.3 is 27.8 Å². The molecule has 13 aromatic carbocycles. The van der Waals surface area contributed by atoms with Gasteiger partial charge in [-0.2, -0.15) is 0 Å². The SMILES string of the molecule is C=C/C=C\C1=C(COP2c3cc(F)ccc3Oc3ccc(F)cc32)c2ccccc2C(C(=C)/C=C(\C=C(/C)c2c3ccccc3c(P3(=O)c4cc(F)ccc4Oc4ccc(F)cc43)c3ccccc23)c2c3ccccc3c(COP3c4cc(F)ccc4Oc4ccc(F)cc43)c3ccccc23)C1C. The summed E-state index contributed by atoms with van der Waals surface area (Å²) in [6, 6.07) is 65.0. The Kier molecular flexibility index (Phi) is 16.8. The zero-order valence-corrected chi connectivity index (χ0v) is 58.1. The molecule has 0 bridgehead atoms. The number of halogens is 6. The van der Waals surface area contributed by atoms with Crippen LogP contribution >= 0.6 is 23.4 Å². The van der Waals surface area contributed by atoms with E-state index in [2.05, 4.69) is 69.0 Å². The standard InChI is InChI=1S/C88H59F6O6P3/c1-5-6-17-60-52(4)85(64-21-10-7-18-61(64)71(60)48-96-101-79-42-54(89)28-34-73(79)98-74-35-29-55(90)43-80(74)101)50(2)40-53(87-65-22-11-8-19-62(65)72(63-20-9-12-23-66(63)87)49-97-102-81-44-56(91)30-36-75(81)99-76-37-31-57(92)45-82(76)102)41-51(3)86-67-24-13-15-26-69(67)88(70-27-16-14-25-68(70)86)103(95)83-46-58(93)32-38-77(83)100-78-39-33-59(94)47-84(78)103/h5-47,52,85H,1-2,48-49H2,3-4H3/b17-6-,51-41+,53-40+. The third kappa shape index (κ3) is 11.3. The van der Waals surface area contributed by atoms with Crippen LogP contribution in [0.4, 0.5) is 26.3 Å². The van der Waals surface area contributed by atoms with Gasteiger partial charge in [-0.1, -0.05) is 172 Å². The van der Waals surface area contributed by atoms with Crippen LogP contribution in [-0.2, 0) is 20.2 Å².